The number of benzene rings is 3. The fourth-order valence-electron chi connectivity index (χ4n) is 5.73. The number of allylic oxidation sites excluding steroid dienone is 1. The molecular formula is C29H29N3O. The summed E-state index contributed by atoms with van der Waals surface area (Å²) in [5.41, 5.74) is 5.44. The quantitative estimate of drug-likeness (QED) is 0.498. The molecule has 6 rings (SSSR count). The third kappa shape index (κ3) is 3.05. The Labute approximate surface area is 195 Å². The van der Waals surface area contributed by atoms with E-state index in [0.717, 1.165) is 31.0 Å². The molecule has 33 heavy (non-hydrogen) atoms. The largest absolute Gasteiger partial charge is 0.349 e. The molecular weight excluding hydrogens is 406 g/mol. The summed E-state index contributed by atoms with van der Waals surface area (Å²) in [6, 6.07) is 30.0. The highest BCUT2D eigenvalue weighted by Crippen LogP contribution is 2.54. The van der Waals surface area contributed by atoms with Crippen molar-refractivity contribution in [1.29, 1.82) is 0 Å². The van der Waals surface area contributed by atoms with Gasteiger partial charge in [0.2, 0.25) is 0 Å². The average molecular weight is 436 g/mol. The van der Waals surface area contributed by atoms with Crippen molar-refractivity contribution in [2.45, 2.75) is 37.5 Å². The van der Waals surface area contributed by atoms with Crippen molar-refractivity contribution in [3.8, 4) is 0 Å². The smallest absolute Gasteiger partial charge is 0.170 e. The van der Waals surface area contributed by atoms with E-state index in [9.17, 15) is 0 Å². The van der Waals surface area contributed by atoms with Gasteiger partial charge in [-0.25, -0.2) is 0 Å². The van der Waals surface area contributed by atoms with Gasteiger partial charge in [-0.05, 0) is 41.5 Å². The van der Waals surface area contributed by atoms with Crippen LogP contribution in [0, 0.1) is 0 Å². The van der Waals surface area contributed by atoms with Crippen molar-refractivity contribution in [2.75, 3.05) is 23.1 Å². The molecule has 1 saturated heterocycles. The number of hydrogen-bond donors (Lipinski definition) is 0. The Morgan fingerprint density at radius 2 is 1.61 bits per heavy atom. The fourth-order valence-corrected chi connectivity index (χ4v) is 5.73. The van der Waals surface area contributed by atoms with E-state index in [2.05, 4.69) is 115 Å². The molecule has 3 heterocycles. The summed E-state index contributed by atoms with van der Waals surface area (Å²) in [4.78, 5) is 2.43. The summed E-state index contributed by atoms with van der Waals surface area (Å²) in [5.74, 6) is 0. The van der Waals surface area contributed by atoms with Crippen molar-refractivity contribution in [3.05, 3.63) is 108 Å². The zero-order valence-electron chi connectivity index (χ0n) is 19.2. The standard InChI is InChI=1S/C29H29N3O/c1-28(2)25-15-9-10-16-26(25)31-19-20-33-29(28,31)18-17-23-21-27(22-11-5-3-6-12-22)32(30-23)24-13-7-4-8-14-24/h3-18,27H,19-21H2,1-2H3/b18-17+/t27-,29-/m0/s1. The second-order valence-corrected chi connectivity index (χ2v) is 9.57. The van der Waals surface area contributed by atoms with Crippen LogP contribution in [0.2, 0.25) is 0 Å². The number of fused-ring (bicyclic) bond motifs is 3. The van der Waals surface area contributed by atoms with Crippen LogP contribution in [0.1, 0.15) is 37.4 Å². The molecule has 0 aliphatic carbocycles. The highest BCUT2D eigenvalue weighted by Gasteiger charge is 2.59. The summed E-state index contributed by atoms with van der Waals surface area (Å²) in [5, 5.41) is 7.24. The summed E-state index contributed by atoms with van der Waals surface area (Å²) in [6.45, 7) is 6.22. The topological polar surface area (TPSA) is 28.1 Å². The molecule has 0 bridgehead atoms. The van der Waals surface area contributed by atoms with Gasteiger partial charge in [0, 0.05) is 24.1 Å². The Morgan fingerprint density at radius 1 is 0.909 bits per heavy atom. The lowest BCUT2D eigenvalue weighted by Gasteiger charge is -2.39. The van der Waals surface area contributed by atoms with Crippen molar-refractivity contribution in [3.63, 3.8) is 0 Å². The predicted molar refractivity (Wildman–Crippen MR) is 135 cm³/mol. The van der Waals surface area contributed by atoms with E-state index in [1.807, 2.05) is 6.07 Å². The van der Waals surface area contributed by atoms with Crippen LogP contribution < -0.4 is 9.91 Å². The van der Waals surface area contributed by atoms with Crippen molar-refractivity contribution < 1.29 is 4.74 Å². The molecule has 0 aromatic heterocycles. The number of nitrogens with zero attached hydrogens (tertiary/aromatic N) is 3. The zero-order valence-corrected chi connectivity index (χ0v) is 19.2. The van der Waals surface area contributed by atoms with E-state index in [1.54, 1.807) is 0 Å². The van der Waals surface area contributed by atoms with E-state index in [-0.39, 0.29) is 11.5 Å². The van der Waals surface area contributed by atoms with Gasteiger partial charge in [0.1, 0.15) is 0 Å². The van der Waals surface area contributed by atoms with E-state index >= 15 is 0 Å². The maximum atomic E-state index is 6.52. The van der Waals surface area contributed by atoms with E-state index in [4.69, 9.17) is 9.84 Å². The number of anilines is 2. The van der Waals surface area contributed by atoms with E-state index in [0.29, 0.717) is 0 Å². The van der Waals surface area contributed by atoms with Crippen LogP contribution in [0.25, 0.3) is 0 Å². The Kier molecular flexibility index (Phi) is 4.66. The normalized spacial score (nSPS) is 25.4. The van der Waals surface area contributed by atoms with Crippen molar-refractivity contribution in [1.82, 2.24) is 0 Å². The maximum absolute atomic E-state index is 6.52. The molecule has 0 amide bonds. The number of ether oxygens (including phenoxy) is 1. The molecule has 166 valence electrons. The minimum atomic E-state index is -0.485. The summed E-state index contributed by atoms with van der Waals surface area (Å²) < 4.78 is 6.52. The number of rotatable bonds is 4. The lowest BCUT2D eigenvalue weighted by molar-refractivity contribution is -0.000230. The summed E-state index contributed by atoms with van der Waals surface area (Å²) in [7, 11) is 0. The van der Waals surface area contributed by atoms with Crippen molar-refractivity contribution >= 4 is 17.1 Å². The lowest BCUT2D eigenvalue weighted by atomic mass is 9.77. The highest BCUT2D eigenvalue weighted by molar-refractivity contribution is 5.98. The van der Waals surface area contributed by atoms with Gasteiger partial charge in [-0.1, -0.05) is 80.6 Å². The number of hydrogen-bond acceptors (Lipinski definition) is 4. The molecule has 0 radical (unpaired) electrons. The molecule has 2 atom stereocenters. The highest BCUT2D eigenvalue weighted by atomic mass is 16.5. The van der Waals surface area contributed by atoms with E-state index in [1.165, 1.54) is 16.8 Å². The minimum Gasteiger partial charge on any atom is -0.349 e. The average Bonchev–Trinajstić information content (AvgIpc) is 3.53. The molecule has 0 unspecified atom stereocenters. The molecule has 3 aliphatic heterocycles. The monoisotopic (exact) mass is 435 g/mol. The Hall–Kier alpha value is -3.37. The second kappa shape index (κ2) is 7.60. The molecule has 3 aromatic rings. The third-order valence-corrected chi connectivity index (χ3v) is 7.44. The van der Waals surface area contributed by atoms with Gasteiger partial charge in [0.05, 0.1) is 24.0 Å². The molecule has 3 aromatic carbocycles. The van der Waals surface area contributed by atoms with Crippen molar-refractivity contribution in [2.24, 2.45) is 5.10 Å². The van der Waals surface area contributed by atoms with Gasteiger partial charge >= 0.3 is 0 Å². The maximum Gasteiger partial charge on any atom is 0.170 e. The first-order valence-corrected chi connectivity index (χ1v) is 11.8. The third-order valence-electron chi connectivity index (χ3n) is 7.44. The molecule has 4 nitrogen and oxygen atoms in total. The van der Waals surface area contributed by atoms with Gasteiger partial charge < -0.3 is 9.64 Å². The Balaban J connectivity index is 1.37. The fraction of sp³-hybridized carbons (Fsp3) is 0.276. The number of hydrazone groups is 1. The second-order valence-electron chi connectivity index (χ2n) is 9.57. The van der Waals surface area contributed by atoms with Gasteiger partial charge in [0.15, 0.2) is 5.72 Å². The van der Waals surface area contributed by atoms with Crippen LogP contribution in [-0.2, 0) is 10.2 Å². The first kappa shape index (κ1) is 20.3. The van der Waals surface area contributed by atoms with Crippen LogP contribution in [0.3, 0.4) is 0 Å². The zero-order chi connectivity index (χ0) is 22.5. The van der Waals surface area contributed by atoms with Crippen LogP contribution in [-0.4, -0.2) is 24.6 Å². The molecule has 3 aliphatic rings. The van der Waals surface area contributed by atoms with Gasteiger partial charge in [0.25, 0.3) is 0 Å². The van der Waals surface area contributed by atoms with Crippen LogP contribution in [0.15, 0.2) is 102 Å². The van der Waals surface area contributed by atoms with Crippen LogP contribution >= 0.6 is 0 Å². The lowest BCUT2D eigenvalue weighted by Crippen LogP contribution is -2.51. The first-order chi connectivity index (χ1) is 16.1. The molecule has 0 spiro atoms. The number of para-hydroxylation sites is 2. The molecule has 0 N–H and O–H groups in total. The van der Waals surface area contributed by atoms with Crippen LogP contribution in [0.5, 0.6) is 0 Å². The molecule has 0 saturated carbocycles. The van der Waals surface area contributed by atoms with Gasteiger partial charge in [-0.15, -0.1) is 0 Å². The SMILES string of the molecule is CC1(C)c2ccccc2N2CCO[C@]21/C=C/C1=NN(c2ccccc2)[C@H](c2ccccc2)C1. The predicted octanol–water partition coefficient (Wildman–Crippen LogP) is 6.07. The van der Waals surface area contributed by atoms with Gasteiger partial charge in [-0.3, -0.25) is 5.01 Å². The Bertz CT molecular complexity index is 1220. The van der Waals surface area contributed by atoms with E-state index < -0.39 is 5.72 Å². The summed E-state index contributed by atoms with van der Waals surface area (Å²) in [6.07, 6.45) is 5.32. The van der Waals surface area contributed by atoms with Crippen LogP contribution in [0.4, 0.5) is 11.4 Å². The van der Waals surface area contributed by atoms with Gasteiger partial charge in [-0.2, -0.15) is 5.10 Å². The molecule has 1 fully saturated rings. The first-order valence-electron chi connectivity index (χ1n) is 11.8. The Morgan fingerprint density at radius 3 is 2.39 bits per heavy atom. The minimum absolute atomic E-state index is 0.159. The summed E-state index contributed by atoms with van der Waals surface area (Å²) >= 11 is 0. The molecule has 4 heteroatoms.